The third kappa shape index (κ3) is 12.4. The molecule has 15 heteroatoms. The number of nitrogens with one attached hydrogen (secondary N) is 4. The summed E-state index contributed by atoms with van der Waals surface area (Å²) in [6.07, 6.45) is 8.41. The number of piperazine rings is 1. The van der Waals surface area contributed by atoms with Gasteiger partial charge < -0.3 is 35.2 Å². The first-order valence-electron chi connectivity index (χ1n) is 18.5. The van der Waals surface area contributed by atoms with Gasteiger partial charge in [0.05, 0.1) is 0 Å². The largest absolute Gasteiger partial charge is 0.444 e. The van der Waals surface area contributed by atoms with Crippen molar-refractivity contribution in [1.82, 2.24) is 35.3 Å². The van der Waals surface area contributed by atoms with Crippen molar-refractivity contribution < 1.29 is 28.7 Å². The normalized spacial score (nSPS) is 23.2. The fraction of sp³-hybridized carbons (Fsp3) is 0.778. The second kappa shape index (κ2) is 16.6. The monoisotopic (exact) mass is 716 g/mol. The van der Waals surface area contributed by atoms with Crippen molar-refractivity contribution in [3.05, 3.63) is 22.7 Å². The van der Waals surface area contributed by atoms with Crippen LogP contribution in [0.15, 0.2) is 17.1 Å². The molecule has 4 rings (SSSR count). The number of carbonyl (C=O) groups is 4. The van der Waals surface area contributed by atoms with Gasteiger partial charge >= 0.3 is 23.9 Å². The van der Waals surface area contributed by atoms with E-state index in [9.17, 15) is 24.0 Å². The van der Waals surface area contributed by atoms with Crippen LogP contribution in [-0.4, -0.2) is 105 Å². The lowest BCUT2D eigenvalue weighted by Gasteiger charge is -2.38. The molecule has 5 amide bonds. The fourth-order valence-electron chi connectivity index (χ4n) is 6.95. The maximum atomic E-state index is 13.1. The van der Waals surface area contributed by atoms with Crippen LogP contribution in [0.3, 0.4) is 0 Å². The lowest BCUT2D eigenvalue weighted by Crippen LogP contribution is -2.60. The third-order valence-corrected chi connectivity index (χ3v) is 9.62. The second-order valence-corrected chi connectivity index (χ2v) is 16.7. The standard InChI is InChI=1S/C36H60N8O7/c1-34(2,3)50-32(48)38-26-13-11-25(12-14-26)37-23-24-9-15-27(16-10-24)44-18-17-28(40-31(44)47)39-30(46)43-21-19-42(20-22-43)29(45)36(7,8)41-33(49)51-35(4,5)6/h17-18,24-27,37H,9-16,19-23H2,1-8H3,(H,38,48)(H,41,49)(H,39,40,46,47). The Morgan fingerprint density at radius 3 is 1.88 bits per heavy atom. The molecule has 0 bridgehead atoms. The molecule has 2 aliphatic carbocycles. The molecule has 0 radical (unpaired) electrons. The van der Waals surface area contributed by atoms with Crippen LogP contribution in [0.4, 0.5) is 20.2 Å². The number of ether oxygens (including phenoxy) is 2. The lowest BCUT2D eigenvalue weighted by atomic mass is 9.85. The van der Waals surface area contributed by atoms with E-state index < -0.39 is 28.9 Å². The molecule has 286 valence electrons. The van der Waals surface area contributed by atoms with Crippen LogP contribution in [0.5, 0.6) is 0 Å². The van der Waals surface area contributed by atoms with E-state index in [1.54, 1.807) is 61.2 Å². The van der Waals surface area contributed by atoms with E-state index in [0.29, 0.717) is 38.1 Å². The SMILES string of the molecule is CC(C)(C)OC(=O)NC1CCC(NCC2CCC(n3ccc(NC(=O)N4CCN(C(=O)C(C)(C)NC(=O)OC(C)(C)C)CC4)nc3=O)CC2)CC1. The van der Waals surface area contributed by atoms with Crippen molar-refractivity contribution in [2.75, 3.05) is 38.0 Å². The zero-order chi connectivity index (χ0) is 37.6. The molecule has 1 saturated heterocycles. The number of amides is 5. The van der Waals surface area contributed by atoms with E-state index >= 15 is 0 Å². The quantitative estimate of drug-likeness (QED) is 0.304. The zero-order valence-corrected chi connectivity index (χ0v) is 31.8. The molecule has 0 spiro atoms. The first-order valence-corrected chi connectivity index (χ1v) is 18.5. The molecule has 15 nitrogen and oxygen atoms in total. The Morgan fingerprint density at radius 2 is 1.31 bits per heavy atom. The van der Waals surface area contributed by atoms with Crippen LogP contribution in [-0.2, 0) is 14.3 Å². The summed E-state index contributed by atoms with van der Waals surface area (Å²) in [5, 5.41) is 12.1. The summed E-state index contributed by atoms with van der Waals surface area (Å²) in [5.41, 5.74) is -2.75. The van der Waals surface area contributed by atoms with Crippen LogP contribution in [0.1, 0.15) is 113 Å². The Morgan fingerprint density at radius 1 is 0.765 bits per heavy atom. The minimum absolute atomic E-state index is 0.0695. The molecule has 2 saturated carbocycles. The Hall–Kier alpha value is -3.88. The van der Waals surface area contributed by atoms with E-state index in [4.69, 9.17) is 9.47 Å². The van der Waals surface area contributed by atoms with Crippen molar-refractivity contribution in [3.63, 3.8) is 0 Å². The molecule has 1 aliphatic heterocycles. The smallest absolute Gasteiger partial charge is 0.408 e. The summed E-state index contributed by atoms with van der Waals surface area (Å²) in [6.45, 7) is 16.2. The third-order valence-electron chi connectivity index (χ3n) is 9.62. The highest BCUT2D eigenvalue weighted by molar-refractivity contribution is 5.90. The first kappa shape index (κ1) is 39.9. The van der Waals surface area contributed by atoms with Gasteiger partial charge in [0.25, 0.3) is 0 Å². The number of carbonyl (C=O) groups excluding carboxylic acids is 4. The summed E-state index contributed by atoms with van der Waals surface area (Å²) in [7, 11) is 0. The van der Waals surface area contributed by atoms with E-state index in [1.807, 2.05) is 20.8 Å². The van der Waals surface area contributed by atoms with Crippen molar-refractivity contribution in [1.29, 1.82) is 0 Å². The predicted octanol–water partition coefficient (Wildman–Crippen LogP) is 4.38. The second-order valence-electron chi connectivity index (χ2n) is 16.7. The van der Waals surface area contributed by atoms with Gasteiger partial charge in [0.1, 0.15) is 22.6 Å². The summed E-state index contributed by atoms with van der Waals surface area (Å²) >= 11 is 0. The van der Waals surface area contributed by atoms with Gasteiger partial charge in [-0.05, 0) is 125 Å². The lowest BCUT2D eigenvalue weighted by molar-refractivity contribution is -0.138. The maximum Gasteiger partial charge on any atom is 0.408 e. The highest BCUT2D eigenvalue weighted by Crippen LogP contribution is 2.31. The van der Waals surface area contributed by atoms with Gasteiger partial charge in [0.2, 0.25) is 5.91 Å². The van der Waals surface area contributed by atoms with E-state index in [2.05, 4.69) is 26.3 Å². The van der Waals surface area contributed by atoms with Gasteiger partial charge in [-0.3, -0.25) is 14.7 Å². The number of nitrogens with zero attached hydrogens (tertiary/aromatic N) is 4. The predicted molar refractivity (Wildman–Crippen MR) is 194 cm³/mol. The van der Waals surface area contributed by atoms with Gasteiger partial charge in [-0.25, -0.2) is 19.2 Å². The molecule has 0 atom stereocenters. The average molecular weight is 717 g/mol. The molecule has 51 heavy (non-hydrogen) atoms. The highest BCUT2D eigenvalue weighted by atomic mass is 16.6. The molecule has 0 aromatic carbocycles. The minimum atomic E-state index is -1.18. The average Bonchev–Trinajstić information content (AvgIpc) is 3.02. The van der Waals surface area contributed by atoms with Crippen molar-refractivity contribution in [2.24, 2.45) is 5.92 Å². The zero-order valence-electron chi connectivity index (χ0n) is 31.8. The van der Waals surface area contributed by atoms with E-state index in [-0.39, 0.29) is 35.6 Å². The molecule has 1 aromatic heterocycles. The summed E-state index contributed by atoms with van der Waals surface area (Å²) in [4.78, 5) is 70.8. The molecule has 3 fully saturated rings. The number of rotatable bonds is 8. The van der Waals surface area contributed by atoms with Crippen LogP contribution >= 0.6 is 0 Å². The van der Waals surface area contributed by atoms with E-state index in [0.717, 1.165) is 57.9 Å². The molecule has 1 aromatic rings. The number of anilines is 1. The van der Waals surface area contributed by atoms with Crippen LogP contribution in [0.25, 0.3) is 0 Å². The molecular weight excluding hydrogens is 656 g/mol. The molecule has 0 unspecified atom stereocenters. The van der Waals surface area contributed by atoms with Gasteiger partial charge in [0, 0.05) is 50.5 Å². The molecule has 3 aliphatic rings. The minimum Gasteiger partial charge on any atom is -0.444 e. The topological polar surface area (TPSA) is 176 Å². The Bertz CT molecular complexity index is 1430. The molecule has 4 N–H and O–H groups in total. The van der Waals surface area contributed by atoms with Crippen molar-refractivity contribution in [2.45, 2.75) is 142 Å². The van der Waals surface area contributed by atoms with E-state index in [1.165, 1.54) is 0 Å². The summed E-state index contributed by atoms with van der Waals surface area (Å²) < 4.78 is 12.4. The fourth-order valence-corrected chi connectivity index (χ4v) is 6.95. The first-order chi connectivity index (χ1) is 23.8. The van der Waals surface area contributed by atoms with Gasteiger partial charge in [-0.2, -0.15) is 4.98 Å². The highest BCUT2D eigenvalue weighted by Gasteiger charge is 2.37. The number of alkyl carbamates (subject to hydrolysis) is 2. The van der Waals surface area contributed by atoms with Gasteiger partial charge in [-0.1, -0.05) is 0 Å². The number of urea groups is 1. The molecule has 2 heterocycles. The molecular formula is C36H60N8O7. The Labute approximate surface area is 301 Å². The Kier molecular flexibility index (Phi) is 13.0. The Balaban J connectivity index is 1.15. The summed E-state index contributed by atoms with van der Waals surface area (Å²) in [5.74, 6) is 0.470. The maximum absolute atomic E-state index is 13.1. The van der Waals surface area contributed by atoms with Crippen molar-refractivity contribution in [3.8, 4) is 0 Å². The van der Waals surface area contributed by atoms with Crippen molar-refractivity contribution >= 4 is 29.9 Å². The number of hydrogen-bond acceptors (Lipinski definition) is 9. The van der Waals surface area contributed by atoms with Crippen LogP contribution < -0.4 is 27.0 Å². The van der Waals surface area contributed by atoms with Gasteiger partial charge in [-0.15, -0.1) is 0 Å². The number of aromatic nitrogens is 2. The van der Waals surface area contributed by atoms with Crippen LogP contribution in [0.2, 0.25) is 0 Å². The number of hydrogen-bond donors (Lipinski definition) is 4. The summed E-state index contributed by atoms with van der Waals surface area (Å²) in [6, 6.07) is 1.94. The van der Waals surface area contributed by atoms with Gasteiger partial charge in [0.15, 0.2) is 0 Å². The van der Waals surface area contributed by atoms with Crippen LogP contribution in [0, 0.1) is 5.92 Å².